The molecular formula is C16H19N5O2S2. The number of nitrogens with one attached hydrogen (secondary N) is 3. The molecule has 1 saturated heterocycles. The van der Waals surface area contributed by atoms with Gasteiger partial charge in [-0.2, -0.15) is 0 Å². The maximum Gasteiger partial charge on any atom is 0.321 e. The van der Waals surface area contributed by atoms with E-state index in [4.69, 9.17) is 12.2 Å². The Morgan fingerprint density at radius 3 is 2.64 bits per heavy atom. The SMILES string of the molecule is O=C(Nc1n[nH]c(=S)s1)NC(Cc1ccccc1)C(=O)N1CCCC1. The summed E-state index contributed by atoms with van der Waals surface area (Å²) in [7, 11) is 0. The molecule has 3 rings (SSSR count). The van der Waals surface area contributed by atoms with Gasteiger partial charge in [0, 0.05) is 19.5 Å². The Morgan fingerprint density at radius 1 is 1.28 bits per heavy atom. The van der Waals surface area contributed by atoms with Crippen molar-refractivity contribution in [1.29, 1.82) is 0 Å². The second-order valence-electron chi connectivity index (χ2n) is 5.79. The molecule has 1 aliphatic rings. The number of hydrogen-bond donors (Lipinski definition) is 3. The van der Waals surface area contributed by atoms with Crippen molar-refractivity contribution >= 4 is 40.6 Å². The van der Waals surface area contributed by atoms with E-state index in [0.717, 1.165) is 42.8 Å². The first-order valence-corrected chi connectivity index (χ1v) is 9.30. The molecule has 2 heterocycles. The number of nitrogens with zero attached hydrogens (tertiary/aromatic N) is 2. The number of aromatic nitrogens is 2. The van der Waals surface area contributed by atoms with E-state index in [1.807, 2.05) is 35.2 Å². The standard InChI is InChI=1S/C16H19N5O2S2/c22-13(21-8-4-5-9-21)12(10-11-6-2-1-3-7-11)17-14(23)18-15-19-20-16(24)25-15/h1-3,6-7,12H,4-5,8-10H2,(H,20,24)(H2,17,18,19,23). The summed E-state index contributed by atoms with van der Waals surface area (Å²) in [6.45, 7) is 1.49. The second kappa shape index (κ2) is 8.21. The van der Waals surface area contributed by atoms with Crippen LogP contribution in [0.5, 0.6) is 0 Å². The van der Waals surface area contributed by atoms with Crippen molar-refractivity contribution in [1.82, 2.24) is 20.4 Å². The molecule has 1 atom stereocenters. The molecule has 132 valence electrons. The highest BCUT2D eigenvalue weighted by Crippen LogP contribution is 2.13. The van der Waals surface area contributed by atoms with E-state index in [1.165, 1.54) is 0 Å². The third-order valence-electron chi connectivity index (χ3n) is 3.96. The molecule has 1 aromatic heterocycles. The summed E-state index contributed by atoms with van der Waals surface area (Å²) in [5, 5.41) is 12.3. The van der Waals surface area contributed by atoms with E-state index in [9.17, 15) is 9.59 Å². The van der Waals surface area contributed by atoms with Gasteiger partial charge < -0.3 is 10.2 Å². The zero-order valence-electron chi connectivity index (χ0n) is 13.5. The lowest BCUT2D eigenvalue weighted by Crippen LogP contribution is -2.50. The number of H-pyrrole nitrogens is 1. The van der Waals surface area contributed by atoms with Crippen LogP contribution >= 0.6 is 23.6 Å². The van der Waals surface area contributed by atoms with Crippen LogP contribution in [0, 0.1) is 3.95 Å². The fraction of sp³-hybridized carbons (Fsp3) is 0.375. The van der Waals surface area contributed by atoms with Gasteiger partial charge in [-0.3, -0.25) is 15.2 Å². The van der Waals surface area contributed by atoms with Crippen molar-refractivity contribution in [2.45, 2.75) is 25.3 Å². The molecule has 2 aromatic rings. The van der Waals surface area contributed by atoms with Crippen LogP contribution in [0.15, 0.2) is 30.3 Å². The van der Waals surface area contributed by atoms with Crippen LogP contribution in [0.2, 0.25) is 0 Å². The number of aromatic amines is 1. The minimum absolute atomic E-state index is 0.0498. The average Bonchev–Trinajstić information content (AvgIpc) is 3.26. The van der Waals surface area contributed by atoms with Crippen molar-refractivity contribution in [2.75, 3.05) is 18.4 Å². The Balaban J connectivity index is 1.69. The van der Waals surface area contributed by atoms with Gasteiger partial charge in [-0.1, -0.05) is 41.7 Å². The summed E-state index contributed by atoms with van der Waals surface area (Å²) in [5.41, 5.74) is 0.996. The quantitative estimate of drug-likeness (QED) is 0.699. The van der Waals surface area contributed by atoms with Crippen LogP contribution in [-0.4, -0.2) is 46.2 Å². The number of amides is 3. The Morgan fingerprint density at radius 2 is 2.00 bits per heavy atom. The number of benzene rings is 1. The van der Waals surface area contributed by atoms with Gasteiger partial charge in [0.15, 0.2) is 3.95 Å². The van der Waals surface area contributed by atoms with E-state index < -0.39 is 12.1 Å². The third-order valence-corrected chi connectivity index (χ3v) is 4.97. The van der Waals surface area contributed by atoms with Crippen LogP contribution in [-0.2, 0) is 11.2 Å². The number of carbonyl (C=O) groups excluding carboxylic acids is 2. The molecule has 9 heteroatoms. The lowest BCUT2D eigenvalue weighted by Gasteiger charge is -2.24. The molecule has 1 fully saturated rings. The summed E-state index contributed by atoms with van der Waals surface area (Å²) in [4.78, 5) is 26.9. The van der Waals surface area contributed by atoms with Gasteiger partial charge in [-0.25, -0.2) is 4.79 Å². The smallest absolute Gasteiger partial charge is 0.321 e. The monoisotopic (exact) mass is 377 g/mol. The number of hydrogen-bond acceptors (Lipinski definition) is 5. The molecule has 0 aliphatic carbocycles. The lowest BCUT2D eigenvalue weighted by molar-refractivity contribution is -0.132. The molecule has 1 unspecified atom stereocenters. The predicted molar refractivity (Wildman–Crippen MR) is 99.2 cm³/mol. The molecule has 25 heavy (non-hydrogen) atoms. The average molecular weight is 377 g/mol. The van der Waals surface area contributed by atoms with Crippen molar-refractivity contribution in [2.24, 2.45) is 0 Å². The molecule has 0 spiro atoms. The fourth-order valence-electron chi connectivity index (χ4n) is 2.78. The molecule has 3 N–H and O–H groups in total. The first-order valence-electron chi connectivity index (χ1n) is 8.07. The normalized spacial score (nSPS) is 15.0. The first-order chi connectivity index (χ1) is 12.1. The van der Waals surface area contributed by atoms with Crippen molar-refractivity contribution < 1.29 is 9.59 Å². The Hall–Kier alpha value is -2.26. The van der Waals surface area contributed by atoms with Gasteiger partial charge in [0.05, 0.1) is 0 Å². The first kappa shape index (κ1) is 17.6. The Kier molecular flexibility index (Phi) is 5.77. The minimum Gasteiger partial charge on any atom is -0.341 e. The Labute approximate surface area is 154 Å². The highest BCUT2D eigenvalue weighted by molar-refractivity contribution is 7.73. The summed E-state index contributed by atoms with van der Waals surface area (Å²) >= 11 is 6.10. The predicted octanol–water partition coefficient (Wildman–Crippen LogP) is 2.56. The minimum atomic E-state index is -0.618. The molecule has 0 bridgehead atoms. The van der Waals surface area contributed by atoms with E-state index >= 15 is 0 Å². The number of rotatable bonds is 5. The number of anilines is 1. The van der Waals surface area contributed by atoms with Crippen molar-refractivity contribution in [3.8, 4) is 0 Å². The van der Waals surface area contributed by atoms with Crippen LogP contribution in [0.1, 0.15) is 18.4 Å². The summed E-state index contributed by atoms with van der Waals surface area (Å²) < 4.78 is 0.476. The van der Waals surface area contributed by atoms with Gasteiger partial charge in [-0.05, 0) is 30.6 Å². The molecule has 1 aliphatic heterocycles. The van der Waals surface area contributed by atoms with Crippen molar-refractivity contribution in [3.63, 3.8) is 0 Å². The molecule has 0 saturated carbocycles. The molecule has 0 radical (unpaired) electrons. The van der Waals surface area contributed by atoms with Crippen LogP contribution in [0.4, 0.5) is 9.93 Å². The summed E-state index contributed by atoms with van der Waals surface area (Å²) in [6.07, 6.45) is 2.46. The topological polar surface area (TPSA) is 90.1 Å². The van der Waals surface area contributed by atoms with Crippen molar-refractivity contribution in [3.05, 3.63) is 39.8 Å². The zero-order valence-corrected chi connectivity index (χ0v) is 15.2. The van der Waals surface area contributed by atoms with Gasteiger partial charge in [0.25, 0.3) is 0 Å². The van der Waals surface area contributed by atoms with E-state index in [1.54, 1.807) is 0 Å². The summed E-state index contributed by atoms with van der Waals surface area (Å²) in [5.74, 6) is -0.0498. The van der Waals surface area contributed by atoms with Crippen LogP contribution < -0.4 is 10.6 Å². The molecule has 1 aromatic carbocycles. The largest absolute Gasteiger partial charge is 0.341 e. The van der Waals surface area contributed by atoms with E-state index in [2.05, 4.69) is 20.8 Å². The van der Waals surface area contributed by atoms with Gasteiger partial charge >= 0.3 is 6.03 Å². The van der Waals surface area contributed by atoms with E-state index in [-0.39, 0.29) is 5.91 Å². The highest BCUT2D eigenvalue weighted by atomic mass is 32.1. The van der Waals surface area contributed by atoms with Gasteiger partial charge in [0.1, 0.15) is 6.04 Å². The Bertz CT molecular complexity index is 783. The van der Waals surface area contributed by atoms with Gasteiger partial charge in [-0.15, -0.1) is 5.10 Å². The zero-order chi connectivity index (χ0) is 17.6. The van der Waals surface area contributed by atoms with Crippen LogP contribution in [0.25, 0.3) is 0 Å². The van der Waals surface area contributed by atoms with Gasteiger partial charge in [0.2, 0.25) is 11.0 Å². The number of likely N-dealkylation sites (tertiary alicyclic amines) is 1. The molecule has 7 nitrogen and oxygen atoms in total. The van der Waals surface area contributed by atoms with E-state index in [0.29, 0.717) is 15.5 Å². The summed E-state index contributed by atoms with van der Waals surface area (Å²) in [6, 6.07) is 8.57. The number of carbonyl (C=O) groups is 2. The number of urea groups is 1. The maximum atomic E-state index is 12.8. The molecular weight excluding hydrogens is 358 g/mol. The highest BCUT2D eigenvalue weighted by Gasteiger charge is 2.28. The maximum absolute atomic E-state index is 12.8. The lowest BCUT2D eigenvalue weighted by atomic mass is 10.0. The fourth-order valence-corrected chi connectivity index (χ4v) is 3.57. The van der Waals surface area contributed by atoms with Crippen LogP contribution in [0.3, 0.4) is 0 Å². The molecule has 3 amide bonds. The third kappa shape index (κ3) is 4.86. The second-order valence-corrected chi connectivity index (χ2v) is 7.46.